The van der Waals surface area contributed by atoms with Crippen LogP contribution in [-0.2, 0) is 0 Å². The summed E-state index contributed by atoms with van der Waals surface area (Å²) in [6.07, 6.45) is 8.86. The van der Waals surface area contributed by atoms with E-state index >= 15 is 0 Å². The van der Waals surface area contributed by atoms with Gasteiger partial charge in [-0.05, 0) is 37.3 Å². The first-order valence-corrected chi connectivity index (χ1v) is 11.1. The van der Waals surface area contributed by atoms with Crippen LogP contribution >= 0.6 is 0 Å². The maximum absolute atomic E-state index is 13.1. The summed E-state index contributed by atoms with van der Waals surface area (Å²) in [5.41, 5.74) is 10.1. The maximum Gasteiger partial charge on any atom is 0.247 e. The highest BCUT2D eigenvalue weighted by Crippen LogP contribution is 2.32. The number of fused-ring (bicyclic) bond motifs is 1. The van der Waals surface area contributed by atoms with E-state index in [1.54, 1.807) is 6.20 Å². The fraction of sp³-hybridized carbons (Fsp3) is 0.375. The third-order valence-electron chi connectivity index (χ3n) is 6.17. The Hall–Kier alpha value is -3.59. The number of oxazole rings is 1. The molecule has 1 unspecified atom stereocenters. The number of hydrogen-bond donors (Lipinski definition) is 2. The normalized spacial score (nSPS) is 17.6. The van der Waals surface area contributed by atoms with Crippen LogP contribution in [0.4, 0.5) is 5.82 Å². The van der Waals surface area contributed by atoms with Crippen LogP contribution in [0.15, 0.2) is 41.4 Å². The fourth-order valence-electron chi connectivity index (χ4n) is 4.45. The maximum atomic E-state index is 13.1. The first kappa shape index (κ1) is 21.3. The van der Waals surface area contributed by atoms with Crippen LogP contribution in [0.2, 0.25) is 0 Å². The number of nitrogen functional groups attached to an aromatic ring is 1. The van der Waals surface area contributed by atoms with Gasteiger partial charge >= 0.3 is 0 Å². The minimum atomic E-state index is -0.119. The second kappa shape index (κ2) is 8.08. The molecular weight excluding hydrogens is 418 g/mol. The summed E-state index contributed by atoms with van der Waals surface area (Å²) in [4.78, 5) is 30.9. The molecule has 170 valence electrons. The lowest BCUT2D eigenvalue weighted by molar-refractivity contribution is 0.0972. The molecule has 0 saturated carbocycles. The number of aromatic nitrogens is 5. The quantitative estimate of drug-likeness (QED) is 0.431. The lowest BCUT2D eigenvalue weighted by Crippen LogP contribution is -2.23. The monoisotopic (exact) mass is 445 g/mol. The lowest BCUT2D eigenvalue weighted by atomic mass is 9.89. The van der Waals surface area contributed by atoms with Crippen molar-refractivity contribution in [3.63, 3.8) is 0 Å². The number of nitrogens with two attached hydrogens (primary N) is 1. The predicted octanol–water partition coefficient (Wildman–Crippen LogP) is 3.69. The molecule has 4 aromatic heterocycles. The number of hydrogen-bond acceptors (Lipinski definition) is 8. The second-order valence-corrected chi connectivity index (χ2v) is 9.45. The minimum Gasteiger partial charge on any atom is -0.443 e. The molecule has 0 aliphatic carbocycles. The van der Waals surface area contributed by atoms with E-state index in [2.05, 4.69) is 34.1 Å². The zero-order chi connectivity index (χ0) is 23.2. The van der Waals surface area contributed by atoms with Crippen LogP contribution in [0.25, 0.3) is 28.5 Å². The molecule has 5 rings (SSSR count). The lowest BCUT2D eigenvalue weighted by Gasteiger charge is -2.15. The molecule has 0 bridgehead atoms. The van der Waals surface area contributed by atoms with Gasteiger partial charge < -0.3 is 19.9 Å². The Morgan fingerprint density at radius 3 is 2.85 bits per heavy atom. The van der Waals surface area contributed by atoms with Crippen molar-refractivity contribution in [1.82, 2.24) is 29.7 Å². The average molecular weight is 446 g/mol. The van der Waals surface area contributed by atoms with Crippen LogP contribution in [-0.4, -0.2) is 42.7 Å². The molecule has 1 saturated heterocycles. The van der Waals surface area contributed by atoms with Crippen molar-refractivity contribution >= 4 is 17.2 Å². The molecule has 0 amide bonds. The van der Waals surface area contributed by atoms with Crippen LogP contribution in [0, 0.1) is 12.3 Å². The van der Waals surface area contributed by atoms with Gasteiger partial charge in [-0.1, -0.05) is 13.8 Å². The average Bonchev–Trinajstić information content (AvgIpc) is 3.52. The van der Waals surface area contributed by atoms with Crippen molar-refractivity contribution in [2.45, 2.75) is 46.1 Å². The summed E-state index contributed by atoms with van der Waals surface area (Å²) < 4.78 is 7.45. The Labute approximate surface area is 191 Å². The first-order valence-electron chi connectivity index (χ1n) is 11.1. The zero-order valence-corrected chi connectivity index (χ0v) is 19.0. The Morgan fingerprint density at radius 1 is 1.27 bits per heavy atom. The Morgan fingerprint density at radius 2 is 2.12 bits per heavy atom. The molecule has 33 heavy (non-hydrogen) atoms. The van der Waals surface area contributed by atoms with E-state index in [0.717, 1.165) is 36.3 Å². The number of aryl methyl sites for hydroxylation is 1. The van der Waals surface area contributed by atoms with Crippen molar-refractivity contribution in [3.8, 4) is 22.8 Å². The van der Waals surface area contributed by atoms with Crippen molar-refractivity contribution in [1.29, 1.82) is 0 Å². The molecule has 9 heteroatoms. The first-order chi connectivity index (χ1) is 15.8. The highest BCUT2D eigenvalue weighted by atomic mass is 16.3. The largest absolute Gasteiger partial charge is 0.443 e. The Balaban J connectivity index is 1.51. The number of pyridine rings is 1. The van der Waals surface area contributed by atoms with Crippen LogP contribution in [0.5, 0.6) is 0 Å². The fourth-order valence-corrected chi connectivity index (χ4v) is 4.45. The minimum absolute atomic E-state index is 0.0801. The van der Waals surface area contributed by atoms with Gasteiger partial charge in [-0.3, -0.25) is 4.79 Å². The summed E-state index contributed by atoms with van der Waals surface area (Å²) in [6.45, 7) is 7.40. The highest BCUT2D eigenvalue weighted by Gasteiger charge is 2.31. The third kappa shape index (κ3) is 4.11. The van der Waals surface area contributed by atoms with E-state index in [0.29, 0.717) is 29.7 Å². The number of Topliss-reactive ketones (excluding diaryl/α,β-unsaturated/α-hetero) is 1. The van der Waals surface area contributed by atoms with E-state index in [-0.39, 0.29) is 22.7 Å². The van der Waals surface area contributed by atoms with Gasteiger partial charge in [0.1, 0.15) is 23.3 Å². The number of carbonyl (C=O) groups is 1. The number of rotatable bonds is 6. The van der Waals surface area contributed by atoms with Crippen LogP contribution in [0.3, 0.4) is 0 Å². The molecule has 0 radical (unpaired) electrons. The molecule has 0 aromatic carbocycles. The zero-order valence-electron chi connectivity index (χ0n) is 19.0. The van der Waals surface area contributed by atoms with Gasteiger partial charge in [-0.2, -0.15) is 0 Å². The molecule has 3 N–H and O–H groups in total. The standard InChI is InChI=1S/C24H27N7O2/c1-14-11-27-18-7-4-15(12-31(14)18)19-21(23-26-8-9-33-23)30-22(25)20(29-19)17(32)6-5-16-10-24(2,3)13-28-16/h4,7-9,11-12,16,28H,5-6,10,13H2,1-3H3,(H2,25,30). The number of carbonyl (C=O) groups excluding carboxylic acids is 1. The van der Waals surface area contributed by atoms with E-state index in [4.69, 9.17) is 15.1 Å². The molecule has 1 aliphatic rings. The summed E-state index contributed by atoms with van der Waals surface area (Å²) in [5, 5.41) is 3.50. The number of nitrogens with one attached hydrogen (secondary N) is 1. The molecule has 5 heterocycles. The van der Waals surface area contributed by atoms with Crippen LogP contribution < -0.4 is 11.1 Å². The molecule has 1 aliphatic heterocycles. The van der Waals surface area contributed by atoms with Gasteiger partial charge in [0.2, 0.25) is 5.89 Å². The highest BCUT2D eigenvalue weighted by molar-refractivity contribution is 5.99. The van der Waals surface area contributed by atoms with Gasteiger partial charge in [-0.25, -0.2) is 19.9 Å². The molecule has 0 spiro atoms. The van der Waals surface area contributed by atoms with Gasteiger partial charge in [0.05, 0.1) is 6.20 Å². The summed E-state index contributed by atoms with van der Waals surface area (Å²) in [6, 6.07) is 4.11. The second-order valence-electron chi connectivity index (χ2n) is 9.45. The summed E-state index contributed by atoms with van der Waals surface area (Å²) in [5.74, 6) is 0.256. The van der Waals surface area contributed by atoms with Gasteiger partial charge in [0.25, 0.3) is 0 Å². The van der Waals surface area contributed by atoms with Gasteiger partial charge in [-0.15, -0.1) is 0 Å². The molecule has 1 atom stereocenters. The van der Waals surface area contributed by atoms with Crippen molar-refractivity contribution in [2.24, 2.45) is 5.41 Å². The molecule has 4 aromatic rings. The number of anilines is 1. The Bertz CT molecular complexity index is 1320. The van der Waals surface area contributed by atoms with Gasteiger partial charge in [0, 0.05) is 42.7 Å². The van der Waals surface area contributed by atoms with E-state index < -0.39 is 0 Å². The predicted molar refractivity (Wildman–Crippen MR) is 125 cm³/mol. The van der Waals surface area contributed by atoms with Crippen molar-refractivity contribution in [3.05, 3.63) is 48.4 Å². The smallest absolute Gasteiger partial charge is 0.247 e. The molecule has 1 fully saturated rings. The number of nitrogens with zero attached hydrogens (tertiary/aromatic N) is 5. The van der Waals surface area contributed by atoms with Crippen molar-refractivity contribution in [2.75, 3.05) is 12.3 Å². The molecular formula is C24H27N7O2. The summed E-state index contributed by atoms with van der Waals surface area (Å²) >= 11 is 0. The third-order valence-corrected chi connectivity index (χ3v) is 6.17. The summed E-state index contributed by atoms with van der Waals surface area (Å²) in [7, 11) is 0. The topological polar surface area (TPSA) is 124 Å². The molecule has 9 nitrogen and oxygen atoms in total. The SMILES string of the molecule is Cc1cnc2ccc(-c3nc(C(=O)CCC4CC(C)(C)CN4)c(N)nc3-c3ncco3)cn12. The Kier molecular flexibility index (Phi) is 5.20. The number of imidazole rings is 1. The van der Waals surface area contributed by atoms with Crippen LogP contribution in [0.1, 0.15) is 49.3 Å². The van der Waals surface area contributed by atoms with E-state index in [1.807, 2.05) is 29.7 Å². The van der Waals surface area contributed by atoms with E-state index in [9.17, 15) is 4.79 Å². The van der Waals surface area contributed by atoms with Gasteiger partial charge in [0.15, 0.2) is 17.3 Å². The number of ketones is 1. The van der Waals surface area contributed by atoms with E-state index in [1.165, 1.54) is 12.5 Å². The van der Waals surface area contributed by atoms with Crippen molar-refractivity contribution < 1.29 is 9.21 Å².